The Labute approximate surface area is 516 Å². The standard InChI is InChI=1S/C73H120O12/c1-4-7-10-13-16-19-22-25-28-31-33-36-38-41-44-47-50-53-56-59-65(74)81-62-64(83-66(75)60-57-54-51-48-45-42-39-35-30-27-24-21-18-15-12-9-6-3)63-82-73-71(69(78)68(77)70(85-73)72(79)80)84-67(76)61-58-55-52-49-46-43-40-37-34-32-29-26-23-20-17-14-11-8-5-2/h7,10,16-21,25-30,33-34,36-37,64,68-71,73,77-78H,4-6,8-9,11-15,22-24,31-32,35,38-63H2,1-3H3,(H,79,80)/b10-7-,19-16-,20-17-,21-18-,28-25-,29-26-,30-27-,36-33-,37-34-. The van der Waals surface area contributed by atoms with Crippen molar-refractivity contribution in [1.29, 1.82) is 0 Å². The van der Waals surface area contributed by atoms with Crippen molar-refractivity contribution in [2.24, 2.45) is 0 Å². The minimum absolute atomic E-state index is 0.0390. The molecule has 12 nitrogen and oxygen atoms in total. The minimum Gasteiger partial charge on any atom is -0.479 e. The predicted octanol–water partition coefficient (Wildman–Crippen LogP) is 18.6. The van der Waals surface area contributed by atoms with Crippen LogP contribution in [0.15, 0.2) is 109 Å². The second-order valence-electron chi connectivity index (χ2n) is 22.7. The topological polar surface area (TPSA) is 175 Å². The lowest BCUT2D eigenvalue weighted by atomic mass is 9.98. The number of ether oxygens (including phenoxy) is 5. The zero-order valence-corrected chi connectivity index (χ0v) is 53.6. The monoisotopic (exact) mass is 1190 g/mol. The first-order valence-electron chi connectivity index (χ1n) is 33.9. The van der Waals surface area contributed by atoms with Gasteiger partial charge in [-0.2, -0.15) is 0 Å². The molecule has 484 valence electrons. The Morgan fingerprint density at radius 1 is 0.400 bits per heavy atom. The molecule has 1 rings (SSSR count). The van der Waals surface area contributed by atoms with Gasteiger partial charge in [-0.25, -0.2) is 4.79 Å². The van der Waals surface area contributed by atoms with Crippen LogP contribution < -0.4 is 0 Å². The number of unbranched alkanes of at least 4 members (excludes halogenated alkanes) is 25. The van der Waals surface area contributed by atoms with E-state index in [-0.39, 0.29) is 25.9 Å². The highest BCUT2D eigenvalue weighted by Gasteiger charge is 2.50. The van der Waals surface area contributed by atoms with E-state index in [1.807, 2.05) is 0 Å². The lowest BCUT2D eigenvalue weighted by Crippen LogP contribution is -2.61. The van der Waals surface area contributed by atoms with Crippen LogP contribution >= 0.6 is 0 Å². The fraction of sp³-hybridized carbons (Fsp3) is 0.699. The smallest absolute Gasteiger partial charge is 0.335 e. The number of aliphatic carboxylic acids is 1. The van der Waals surface area contributed by atoms with Crippen molar-refractivity contribution in [3.8, 4) is 0 Å². The second-order valence-corrected chi connectivity index (χ2v) is 22.7. The number of aliphatic hydroxyl groups is 2. The highest BCUT2D eigenvalue weighted by atomic mass is 16.7. The molecule has 1 aliphatic heterocycles. The number of carbonyl (C=O) groups excluding carboxylic acids is 3. The van der Waals surface area contributed by atoms with E-state index in [0.29, 0.717) is 19.3 Å². The van der Waals surface area contributed by atoms with Gasteiger partial charge in [0.2, 0.25) is 0 Å². The molecule has 0 radical (unpaired) electrons. The van der Waals surface area contributed by atoms with Gasteiger partial charge in [-0.05, 0) is 128 Å². The third-order valence-corrected chi connectivity index (χ3v) is 14.8. The van der Waals surface area contributed by atoms with Crippen LogP contribution in [0.4, 0.5) is 0 Å². The highest BCUT2D eigenvalue weighted by molar-refractivity contribution is 5.74. The molecule has 0 spiro atoms. The largest absolute Gasteiger partial charge is 0.479 e. The molecule has 1 aliphatic rings. The molecule has 0 aromatic carbocycles. The molecule has 0 amide bonds. The maximum atomic E-state index is 13.2. The number of carboxylic acids is 1. The highest BCUT2D eigenvalue weighted by Crippen LogP contribution is 2.27. The summed E-state index contributed by atoms with van der Waals surface area (Å²) in [6.45, 7) is 5.83. The first-order valence-corrected chi connectivity index (χ1v) is 33.9. The number of carbonyl (C=O) groups is 4. The Morgan fingerprint density at radius 3 is 1.13 bits per heavy atom. The maximum absolute atomic E-state index is 13.2. The molecule has 85 heavy (non-hydrogen) atoms. The van der Waals surface area contributed by atoms with E-state index in [0.717, 1.165) is 180 Å². The van der Waals surface area contributed by atoms with Crippen molar-refractivity contribution in [2.45, 2.75) is 314 Å². The van der Waals surface area contributed by atoms with Gasteiger partial charge in [0.05, 0.1) is 6.61 Å². The lowest BCUT2D eigenvalue weighted by Gasteiger charge is -2.40. The number of carboxylic acid groups (broad SMARTS) is 1. The van der Waals surface area contributed by atoms with Crippen LogP contribution in [0.3, 0.4) is 0 Å². The molecule has 0 aliphatic carbocycles. The van der Waals surface area contributed by atoms with E-state index >= 15 is 0 Å². The quantitative estimate of drug-likeness (QED) is 0.0228. The van der Waals surface area contributed by atoms with Crippen molar-refractivity contribution in [2.75, 3.05) is 13.2 Å². The summed E-state index contributed by atoms with van der Waals surface area (Å²) >= 11 is 0. The molecular formula is C73H120O12. The van der Waals surface area contributed by atoms with Crippen molar-refractivity contribution >= 4 is 23.9 Å². The minimum atomic E-state index is -1.92. The summed E-state index contributed by atoms with van der Waals surface area (Å²) < 4.78 is 28.6. The Bertz CT molecular complexity index is 1890. The molecule has 1 fully saturated rings. The summed E-state index contributed by atoms with van der Waals surface area (Å²) in [5, 5.41) is 31.7. The Balaban J connectivity index is 2.68. The number of allylic oxidation sites excluding steroid dienone is 18. The zero-order valence-electron chi connectivity index (χ0n) is 53.6. The van der Waals surface area contributed by atoms with Gasteiger partial charge in [0.25, 0.3) is 0 Å². The van der Waals surface area contributed by atoms with Crippen LogP contribution in [-0.4, -0.2) is 89.2 Å². The average molecular weight is 1190 g/mol. The molecule has 12 heteroatoms. The van der Waals surface area contributed by atoms with Gasteiger partial charge in [-0.1, -0.05) is 239 Å². The summed E-state index contributed by atoms with van der Waals surface area (Å²) in [5.74, 6) is -3.16. The Hall–Kier alpha value is -4.62. The van der Waals surface area contributed by atoms with Gasteiger partial charge in [-0.3, -0.25) is 14.4 Å². The molecular weight excluding hydrogens is 1070 g/mol. The molecule has 0 aromatic rings. The fourth-order valence-corrected chi connectivity index (χ4v) is 9.63. The van der Waals surface area contributed by atoms with Crippen LogP contribution in [0.5, 0.6) is 0 Å². The van der Waals surface area contributed by atoms with E-state index < -0.39 is 67.3 Å². The van der Waals surface area contributed by atoms with Crippen LogP contribution in [0.2, 0.25) is 0 Å². The molecule has 6 unspecified atom stereocenters. The van der Waals surface area contributed by atoms with Crippen LogP contribution in [0.1, 0.15) is 278 Å². The summed E-state index contributed by atoms with van der Waals surface area (Å²) in [7, 11) is 0. The number of hydrogen-bond donors (Lipinski definition) is 3. The average Bonchev–Trinajstić information content (AvgIpc) is 3.51. The van der Waals surface area contributed by atoms with Crippen molar-refractivity contribution < 1.29 is 58.2 Å². The number of rotatable bonds is 57. The van der Waals surface area contributed by atoms with E-state index in [2.05, 4.69) is 130 Å². The van der Waals surface area contributed by atoms with Crippen molar-refractivity contribution in [3.63, 3.8) is 0 Å². The first kappa shape index (κ1) is 78.4. The van der Waals surface area contributed by atoms with Gasteiger partial charge in [0.1, 0.15) is 18.8 Å². The normalized spacial score (nSPS) is 18.2. The van der Waals surface area contributed by atoms with Crippen molar-refractivity contribution in [1.82, 2.24) is 0 Å². The maximum Gasteiger partial charge on any atom is 0.335 e. The second kappa shape index (κ2) is 59.7. The van der Waals surface area contributed by atoms with E-state index in [1.54, 1.807) is 0 Å². The molecule has 3 N–H and O–H groups in total. The summed E-state index contributed by atoms with van der Waals surface area (Å²) in [5.41, 5.74) is 0. The third kappa shape index (κ3) is 49.1. The first-order chi connectivity index (χ1) is 41.6. The number of aliphatic hydroxyl groups excluding tert-OH is 2. The van der Waals surface area contributed by atoms with E-state index in [4.69, 9.17) is 23.7 Å². The summed E-state index contributed by atoms with van der Waals surface area (Å²) in [6.07, 6.45) is 68.8. The zero-order chi connectivity index (χ0) is 61.7. The summed E-state index contributed by atoms with van der Waals surface area (Å²) in [6, 6.07) is 0. The van der Waals surface area contributed by atoms with Gasteiger partial charge in [0, 0.05) is 19.3 Å². The number of esters is 3. The van der Waals surface area contributed by atoms with Gasteiger partial charge in [-0.15, -0.1) is 0 Å². The fourth-order valence-electron chi connectivity index (χ4n) is 9.63. The van der Waals surface area contributed by atoms with Crippen molar-refractivity contribution in [3.05, 3.63) is 109 Å². The summed E-state index contributed by atoms with van der Waals surface area (Å²) in [4.78, 5) is 51.4. The predicted molar refractivity (Wildman–Crippen MR) is 349 cm³/mol. The molecule has 0 aromatic heterocycles. The van der Waals surface area contributed by atoms with Crippen LogP contribution in [0.25, 0.3) is 0 Å². The number of hydrogen-bond acceptors (Lipinski definition) is 11. The van der Waals surface area contributed by atoms with Crippen LogP contribution in [-0.2, 0) is 42.9 Å². The van der Waals surface area contributed by atoms with Gasteiger partial charge >= 0.3 is 23.9 Å². The van der Waals surface area contributed by atoms with E-state index in [9.17, 15) is 34.5 Å². The third-order valence-electron chi connectivity index (χ3n) is 14.8. The molecule has 6 atom stereocenters. The Morgan fingerprint density at radius 2 is 0.741 bits per heavy atom. The Kier molecular flexibility index (Phi) is 55.1. The molecule has 1 heterocycles. The van der Waals surface area contributed by atoms with E-state index in [1.165, 1.54) is 38.5 Å². The van der Waals surface area contributed by atoms with Gasteiger partial charge < -0.3 is 39.0 Å². The SMILES string of the molecule is CC/C=C\C/C=C\C/C=C\C/C=C\CCCCCCCCC(=O)OCC(COC1OC(C(=O)O)C(O)C(O)C1OC(=O)CCCCCCCC/C=C\C/C=C\C/C=C\CCCCC)OC(=O)CCCCCCCCC/C=C\C/C=C\CCCCC. The molecule has 0 saturated carbocycles. The molecule has 1 saturated heterocycles. The van der Waals surface area contributed by atoms with Crippen LogP contribution in [0, 0.1) is 0 Å². The molecule has 0 bridgehead atoms. The van der Waals surface area contributed by atoms with Gasteiger partial charge in [0.15, 0.2) is 24.6 Å². The lowest BCUT2D eigenvalue weighted by molar-refractivity contribution is -0.301.